The number of aliphatic hydroxyl groups is 1. The quantitative estimate of drug-likeness (QED) is 0.0222. The maximum atomic E-state index is 13.0. The Bertz CT molecular complexity index is 1620. The molecule has 17 nitrogen and oxygen atoms in total. The van der Waals surface area contributed by atoms with Gasteiger partial charge in [0.25, 0.3) is 0 Å². The van der Waals surface area contributed by atoms with Gasteiger partial charge in [-0.1, -0.05) is 272 Å². The van der Waals surface area contributed by atoms with E-state index >= 15 is 0 Å². The van der Waals surface area contributed by atoms with Crippen molar-refractivity contribution in [3.8, 4) is 0 Å². The molecule has 2 unspecified atom stereocenters. The first-order valence-corrected chi connectivity index (χ1v) is 36.6. The van der Waals surface area contributed by atoms with Crippen molar-refractivity contribution in [1.29, 1.82) is 0 Å². The molecule has 0 saturated carbocycles. The summed E-state index contributed by atoms with van der Waals surface area (Å²) in [6, 6.07) is 0. The average Bonchev–Trinajstić information content (AvgIpc) is 3.46. The lowest BCUT2D eigenvalue weighted by atomic mass is 10.0. The van der Waals surface area contributed by atoms with Crippen molar-refractivity contribution in [3.63, 3.8) is 0 Å². The Morgan fingerprint density at radius 2 is 0.554 bits per heavy atom. The molecule has 0 radical (unpaired) electrons. The van der Waals surface area contributed by atoms with Crippen LogP contribution in [0.5, 0.6) is 0 Å². The number of hydrogen-bond donors (Lipinski definition) is 3. The standard InChI is InChI=1S/C64H124O17P2/c1-6-9-12-15-18-21-22-23-24-25-26-27-29-34-40-45-50-64(69)81-60(54-75-62(67)48-43-38-35-30-31-36-41-46-57(4)5)56-79-83(72,73)77-52-58(65)51-76-82(70,71)78-55-59(53-74-61(66)47-42-37-32-20-17-14-11-8-3)80-63(68)49-44-39-33-28-19-16-13-10-7-2/h57-60,65H,6-56H2,1-5H3,(H,70,71)(H,72,73)/t58-,59+,60+/m0/s1. The van der Waals surface area contributed by atoms with Crippen LogP contribution < -0.4 is 0 Å². The highest BCUT2D eigenvalue weighted by Crippen LogP contribution is 2.45. The number of ether oxygens (including phenoxy) is 4. The molecule has 0 bridgehead atoms. The zero-order chi connectivity index (χ0) is 61.3. The van der Waals surface area contributed by atoms with Gasteiger partial charge in [-0.2, -0.15) is 0 Å². The molecular formula is C64H124O17P2. The highest BCUT2D eigenvalue weighted by atomic mass is 31.2. The molecule has 492 valence electrons. The van der Waals surface area contributed by atoms with E-state index in [0.29, 0.717) is 31.6 Å². The van der Waals surface area contributed by atoms with Crippen LogP contribution in [0, 0.1) is 5.92 Å². The Labute approximate surface area is 505 Å². The number of hydrogen-bond acceptors (Lipinski definition) is 15. The second-order valence-corrected chi connectivity index (χ2v) is 26.5. The van der Waals surface area contributed by atoms with E-state index < -0.39 is 97.5 Å². The predicted molar refractivity (Wildman–Crippen MR) is 331 cm³/mol. The summed E-state index contributed by atoms with van der Waals surface area (Å²) < 4.78 is 67.9. The summed E-state index contributed by atoms with van der Waals surface area (Å²) in [5, 5.41) is 10.5. The topological polar surface area (TPSA) is 237 Å². The van der Waals surface area contributed by atoms with Crippen LogP contribution in [-0.2, 0) is 65.4 Å². The summed E-state index contributed by atoms with van der Waals surface area (Å²) in [6.45, 7) is 7.10. The third-order valence-corrected chi connectivity index (χ3v) is 16.7. The molecule has 0 aliphatic rings. The van der Waals surface area contributed by atoms with Gasteiger partial charge in [-0.25, -0.2) is 9.13 Å². The van der Waals surface area contributed by atoms with Gasteiger partial charge >= 0.3 is 39.5 Å². The monoisotopic (exact) mass is 1230 g/mol. The van der Waals surface area contributed by atoms with Gasteiger partial charge in [0, 0.05) is 25.7 Å². The molecule has 0 aromatic heterocycles. The Balaban J connectivity index is 5.19. The largest absolute Gasteiger partial charge is 0.472 e. The van der Waals surface area contributed by atoms with Crippen LogP contribution in [0.15, 0.2) is 0 Å². The molecule has 19 heteroatoms. The first-order valence-electron chi connectivity index (χ1n) is 33.6. The summed E-state index contributed by atoms with van der Waals surface area (Å²) in [5.74, 6) is -1.43. The van der Waals surface area contributed by atoms with Crippen LogP contribution in [-0.4, -0.2) is 96.7 Å². The molecule has 5 atom stereocenters. The van der Waals surface area contributed by atoms with Crippen LogP contribution in [0.1, 0.15) is 324 Å². The van der Waals surface area contributed by atoms with Gasteiger partial charge in [0.1, 0.15) is 19.3 Å². The fourth-order valence-corrected chi connectivity index (χ4v) is 11.2. The van der Waals surface area contributed by atoms with E-state index in [-0.39, 0.29) is 25.7 Å². The minimum absolute atomic E-state index is 0.106. The van der Waals surface area contributed by atoms with Crippen molar-refractivity contribution in [2.24, 2.45) is 5.92 Å². The number of esters is 4. The fourth-order valence-electron chi connectivity index (χ4n) is 9.58. The fraction of sp³-hybridized carbons (Fsp3) is 0.938. The SMILES string of the molecule is CCCCCCCCCCCCCCCCCCC(=O)O[C@H](COC(=O)CCCCCCCCCC(C)C)COP(=O)(O)OC[C@@H](O)COP(=O)(O)OC[C@@H](COC(=O)CCCCCCCCCC)OC(=O)CCCCCCCCCCC. The number of carbonyl (C=O) groups is 4. The lowest BCUT2D eigenvalue weighted by molar-refractivity contribution is -0.161. The predicted octanol–water partition coefficient (Wildman–Crippen LogP) is 17.8. The van der Waals surface area contributed by atoms with Gasteiger partial charge in [0.15, 0.2) is 12.2 Å². The van der Waals surface area contributed by atoms with Gasteiger partial charge in [-0.15, -0.1) is 0 Å². The van der Waals surface area contributed by atoms with E-state index in [4.69, 9.17) is 37.0 Å². The van der Waals surface area contributed by atoms with E-state index in [1.54, 1.807) is 0 Å². The molecule has 0 saturated heterocycles. The second kappa shape index (κ2) is 57.8. The molecule has 0 aliphatic heterocycles. The minimum Gasteiger partial charge on any atom is -0.462 e. The van der Waals surface area contributed by atoms with E-state index in [1.807, 2.05) is 0 Å². The molecule has 0 aromatic carbocycles. The zero-order valence-electron chi connectivity index (χ0n) is 53.3. The number of carbonyl (C=O) groups excluding carboxylic acids is 4. The number of phosphoric acid groups is 2. The van der Waals surface area contributed by atoms with E-state index in [9.17, 15) is 43.2 Å². The summed E-state index contributed by atoms with van der Waals surface area (Å²) in [7, 11) is -9.88. The number of aliphatic hydroxyl groups excluding tert-OH is 1. The Kier molecular flexibility index (Phi) is 56.4. The van der Waals surface area contributed by atoms with Crippen LogP contribution in [0.4, 0.5) is 0 Å². The first kappa shape index (κ1) is 81.1. The van der Waals surface area contributed by atoms with Crippen LogP contribution >= 0.6 is 15.6 Å². The van der Waals surface area contributed by atoms with Crippen molar-refractivity contribution < 1.29 is 80.2 Å². The third kappa shape index (κ3) is 58.8. The van der Waals surface area contributed by atoms with E-state index in [2.05, 4.69) is 34.6 Å². The molecule has 0 heterocycles. The maximum absolute atomic E-state index is 13.0. The van der Waals surface area contributed by atoms with Crippen molar-refractivity contribution in [1.82, 2.24) is 0 Å². The van der Waals surface area contributed by atoms with E-state index in [1.165, 1.54) is 135 Å². The molecule has 83 heavy (non-hydrogen) atoms. The smallest absolute Gasteiger partial charge is 0.462 e. The third-order valence-electron chi connectivity index (χ3n) is 14.8. The highest BCUT2D eigenvalue weighted by Gasteiger charge is 2.30. The van der Waals surface area contributed by atoms with Crippen molar-refractivity contribution >= 4 is 39.5 Å². The van der Waals surface area contributed by atoms with Gasteiger partial charge in [0.2, 0.25) is 0 Å². The van der Waals surface area contributed by atoms with Crippen LogP contribution in [0.2, 0.25) is 0 Å². The Hall–Kier alpha value is -1.94. The van der Waals surface area contributed by atoms with Crippen molar-refractivity contribution in [3.05, 3.63) is 0 Å². The van der Waals surface area contributed by atoms with Gasteiger partial charge in [-0.05, 0) is 31.6 Å². The number of unbranched alkanes of at least 4 members (excludes halogenated alkanes) is 36. The molecule has 0 spiro atoms. The van der Waals surface area contributed by atoms with Gasteiger partial charge in [0.05, 0.1) is 26.4 Å². The van der Waals surface area contributed by atoms with Crippen molar-refractivity contribution in [2.45, 2.75) is 342 Å². The minimum atomic E-state index is -4.94. The number of rotatable bonds is 64. The summed E-state index contributed by atoms with van der Waals surface area (Å²) in [6.07, 6.45) is 41.8. The number of phosphoric ester groups is 2. The summed E-state index contributed by atoms with van der Waals surface area (Å²) in [4.78, 5) is 72.1. The molecule has 0 aliphatic carbocycles. The van der Waals surface area contributed by atoms with Crippen LogP contribution in [0.25, 0.3) is 0 Å². The highest BCUT2D eigenvalue weighted by molar-refractivity contribution is 7.47. The Morgan fingerprint density at radius 1 is 0.325 bits per heavy atom. The van der Waals surface area contributed by atoms with Gasteiger partial charge < -0.3 is 33.8 Å². The summed E-state index contributed by atoms with van der Waals surface area (Å²) >= 11 is 0. The molecule has 0 rings (SSSR count). The maximum Gasteiger partial charge on any atom is 0.472 e. The molecule has 0 amide bonds. The molecule has 0 fully saturated rings. The van der Waals surface area contributed by atoms with Crippen molar-refractivity contribution in [2.75, 3.05) is 39.6 Å². The Morgan fingerprint density at radius 3 is 0.819 bits per heavy atom. The second-order valence-electron chi connectivity index (χ2n) is 23.6. The normalized spacial score (nSPS) is 14.2. The molecule has 3 N–H and O–H groups in total. The lowest BCUT2D eigenvalue weighted by Crippen LogP contribution is -2.30. The zero-order valence-corrected chi connectivity index (χ0v) is 55.1. The summed E-state index contributed by atoms with van der Waals surface area (Å²) in [5.41, 5.74) is 0. The molecular weight excluding hydrogens is 1100 g/mol. The van der Waals surface area contributed by atoms with Crippen LogP contribution in [0.3, 0.4) is 0 Å². The lowest BCUT2D eigenvalue weighted by Gasteiger charge is -2.21. The van der Waals surface area contributed by atoms with E-state index in [0.717, 1.165) is 103 Å². The van der Waals surface area contributed by atoms with Gasteiger partial charge in [-0.3, -0.25) is 37.3 Å². The first-order chi connectivity index (χ1) is 40.0. The average molecular weight is 1230 g/mol. The molecule has 0 aromatic rings.